The fourth-order valence-corrected chi connectivity index (χ4v) is 4.56. The third-order valence-electron chi connectivity index (χ3n) is 6.10. The normalized spacial score (nSPS) is 21.0. The number of nitrogens with one attached hydrogen (secondary N) is 1. The summed E-state index contributed by atoms with van der Waals surface area (Å²) in [5, 5.41) is 3.07. The van der Waals surface area contributed by atoms with Crippen molar-refractivity contribution >= 4 is 11.6 Å². The Bertz CT molecular complexity index is 863. The lowest BCUT2D eigenvalue weighted by atomic mass is 9.85. The largest absolute Gasteiger partial charge is 0.486 e. The summed E-state index contributed by atoms with van der Waals surface area (Å²) < 4.78 is 11.3. The van der Waals surface area contributed by atoms with Crippen LogP contribution < -0.4 is 19.7 Å². The maximum atomic E-state index is 12.8. The third kappa shape index (κ3) is 2.98. The van der Waals surface area contributed by atoms with Gasteiger partial charge in [-0.25, -0.2) is 0 Å². The van der Waals surface area contributed by atoms with E-state index in [2.05, 4.69) is 39.4 Å². The van der Waals surface area contributed by atoms with E-state index in [1.165, 1.54) is 5.56 Å². The van der Waals surface area contributed by atoms with E-state index in [-0.39, 0.29) is 5.91 Å². The lowest BCUT2D eigenvalue weighted by Crippen LogP contribution is -2.56. The zero-order valence-corrected chi connectivity index (χ0v) is 15.9. The van der Waals surface area contributed by atoms with Crippen molar-refractivity contribution in [2.45, 2.75) is 24.9 Å². The van der Waals surface area contributed by atoms with E-state index in [0.717, 1.165) is 49.7 Å². The van der Waals surface area contributed by atoms with Crippen LogP contribution in [0.1, 0.15) is 18.4 Å². The first kappa shape index (κ1) is 17.4. The molecule has 0 saturated carbocycles. The molecule has 0 unspecified atom stereocenters. The molecule has 2 aromatic rings. The van der Waals surface area contributed by atoms with Crippen LogP contribution in [0.15, 0.2) is 48.5 Å². The number of nitrogens with zero attached hydrogens (tertiary/aromatic N) is 2. The van der Waals surface area contributed by atoms with E-state index in [1.54, 1.807) is 0 Å². The summed E-state index contributed by atoms with van der Waals surface area (Å²) in [6.45, 7) is 4.45. The van der Waals surface area contributed by atoms with Crippen LogP contribution >= 0.6 is 0 Å². The van der Waals surface area contributed by atoms with Gasteiger partial charge in [-0.05, 0) is 42.7 Å². The molecule has 0 aromatic heterocycles. The molecule has 0 aliphatic carbocycles. The number of hydrogen-bond donors (Lipinski definition) is 1. The molecule has 3 aliphatic rings. The first-order chi connectivity index (χ1) is 13.7. The summed E-state index contributed by atoms with van der Waals surface area (Å²) in [7, 11) is 0. The summed E-state index contributed by atoms with van der Waals surface area (Å²) in [5.74, 6) is 1.83. The Morgan fingerprint density at radius 1 is 0.964 bits per heavy atom. The molecule has 5 rings (SSSR count). The quantitative estimate of drug-likeness (QED) is 0.888. The highest BCUT2D eigenvalue weighted by molar-refractivity contribution is 5.93. The van der Waals surface area contributed by atoms with E-state index < -0.39 is 5.54 Å². The Kier molecular flexibility index (Phi) is 4.36. The molecule has 0 atom stereocenters. The van der Waals surface area contributed by atoms with Crippen LogP contribution in [0.2, 0.25) is 0 Å². The van der Waals surface area contributed by atoms with Crippen molar-refractivity contribution in [2.75, 3.05) is 37.9 Å². The highest BCUT2D eigenvalue weighted by Gasteiger charge is 2.50. The van der Waals surface area contributed by atoms with Gasteiger partial charge in [0.1, 0.15) is 18.8 Å². The Labute approximate surface area is 165 Å². The standard InChI is InChI=1S/C22H25N3O3/c26-21-22(25(16-23-21)18-4-2-1-3-5-18)8-10-24(11-9-22)15-17-6-7-19-20(14-17)28-13-12-27-19/h1-7,14H,8-13,15-16H2,(H,23,26). The maximum Gasteiger partial charge on any atom is 0.247 e. The number of benzene rings is 2. The van der Waals surface area contributed by atoms with Crippen molar-refractivity contribution in [1.82, 2.24) is 10.2 Å². The number of hydrogen-bond acceptors (Lipinski definition) is 5. The summed E-state index contributed by atoms with van der Waals surface area (Å²) >= 11 is 0. The summed E-state index contributed by atoms with van der Waals surface area (Å²) in [5.41, 5.74) is 1.90. The lowest BCUT2D eigenvalue weighted by molar-refractivity contribution is -0.125. The molecule has 1 spiro atoms. The Hall–Kier alpha value is -2.73. The monoisotopic (exact) mass is 379 g/mol. The number of amides is 1. The number of anilines is 1. The maximum absolute atomic E-state index is 12.8. The molecule has 0 bridgehead atoms. The van der Waals surface area contributed by atoms with Crippen molar-refractivity contribution in [1.29, 1.82) is 0 Å². The second-order valence-corrected chi connectivity index (χ2v) is 7.71. The molecule has 6 heteroatoms. The van der Waals surface area contributed by atoms with Gasteiger partial charge in [-0.1, -0.05) is 24.3 Å². The van der Waals surface area contributed by atoms with Crippen molar-refractivity contribution in [3.8, 4) is 11.5 Å². The van der Waals surface area contributed by atoms with Gasteiger partial charge in [-0.3, -0.25) is 9.69 Å². The minimum Gasteiger partial charge on any atom is -0.486 e. The van der Waals surface area contributed by atoms with E-state index >= 15 is 0 Å². The van der Waals surface area contributed by atoms with Crippen molar-refractivity contribution in [2.24, 2.45) is 0 Å². The third-order valence-corrected chi connectivity index (χ3v) is 6.10. The number of fused-ring (bicyclic) bond motifs is 1. The zero-order chi connectivity index (χ0) is 19.0. The van der Waals surface area contributed by atoms with Crippen molar-refractivity contribution in [3.05, 3.63) is 54.1 Å². The van der Waals surface area contributed by atoms with Crippen molar-refractivity contribution in [3.63, 3.8) is 0 Å². The van der Waals surface area contributed by atoms with E-state index in [1.807, 2.05) is 24.3 Å². The number of para-hydroxylation sites is 1. The predicted molar refractivity (Wildman–Crippen MR) is 107 cm³/mol. The molecule has 1 amide bonds. The van der Waals surface area contributed by atoms with Gasteiger partial charge >= 0.3 is 0 Å². The first-order valence-corrected chi connectivity index (χ1v) is 9.96. The van der Waals surface area contributed by atoms with E-state index in [4.69, 9.17) is 9.47 Å². The molecule has 2 fully saturated rings. The highest BCUT2D eigenvalue weighted by Crippen LogP contribution is 2.37. The van der Waals surface area contributed by atoms with Gasteiger partial charge in [0.15, 0.2) is 11.5 Å². The highest BCUT2D eigenvalue weighted by atomic mass is 16.6. The Morgan fingerprint density at radius 2 is 1.71 bits per heavy atom. The summed E-state index contributed by atoms with van der Waals surface area (Å²) in [6, 6.07) is 16.4. The topological polar surface area (TPSA) is 54.0 Å². The fourth-order valence-electron chi connectivity index (χ4n) is 4.56. The number of piperidine rings is 1. The molecule has 3 aliphatic heterocycles. The second kappa shape index (κ2) is 7.02. The molecular formula is C22H25N3O3. The minimum absolute atomic E-state index is 0.162. The van der Waals surface area contributed by atoms with Gasteiger partial charge in [-0.2, -0.15) is 0 Å². The molecule has 3 heterocycles. The average molecular weight is 379 g/mol. The van der Waals surface area contributed by atoms with Crippen LogP contribution in [0.5, 0.6) is 11.5 Å². The van der Waals surface area contributed by atoms with Gasteiger partial charge < -0.3 is 19.7 Å². The van der Waals surface area contributed by atoms with E-state index in [0.29, 0.717) is 19.9 Å². The number of likely N-dealkylation sites (tertiary alicyclic amines) is 1. The predicted octanol–water partition coefficient (Wildman–Crippen LogP) is 2.39. The molecule has 6 nitrogen and oxygen atoms in total. The molecule has 146 valence electrons. The van der Waals surface area contributed by atoms with Crippen LogP contribution in [0.4, 0.5) is 5.69 Å². The number of carbonyl (C=O) groups is 1. The van der Waals surface area contributed by atoms with Crippen LogP contribution in [-0.2, 0) is 11.3 Å². The van der Waals surface area contributed by atoms with Crippen LogP contribution in [0, 0.1) is 0 Å². The number of carbonyl (C=O) groups excluding carboxylic acids is 1. The molecule has 2 saturated heterocycles. The summed E-state index contributed by atoms with van der Waals surface area (Å²) in [6.07, 6.45) is 1.66. The molecule has 2 aromatic carbocycles. The van der Waals surface area contributed by atoms with Gasteiger partial charge in [-0.15, -0.1) is 0 Å². The van der Waals surface area contributed by atoms with Gasteiger partial charge in [0, 0.05) is 25.3 Å². The van der Waals surface area contributed by atoms with Crippen molar-refractivity contribution < 1.29 is 14.3 Å². The molecular weight excluding hydrogens is 354 g/mol. The minimum atomic E-state index is -0.426. The Morgan fingerprint density at radius 3 is 2.50 bits per heavy atom. The summed E-state index contributed by atoms with van der Waals surface area (Å²) in [4.78, 5) is 17.4. The SMILES string of the molecule is O=C1NCN(c2ccccc2)C12CCN(Cc1ccc3c(c1)OCCO3)CC2. The smallest absolute Gasteiger partial charge is 0.247 e. The van der Waals surface area contributed by atoms with Crippen LogP contribution in [0.25, 0.3) is 0 Å². The van der Waals surface area contributed by atoms with Gasteiger partial charge in [0.25, 0.3) is 0 Å². The molecule has 0 radical (unpaired) electrons. The molecule has 28 heavy (non-hydrogen) atoms. The second-order valence-electron chi connectivity index (χ2n) is 7.71. The number of ether oxygens (including phenoxy) is 2. The molecule has 1 N–H and O–H groups in total. The fraction of sp³-hybridized carbons (Fsp3) is 0.409. The average Bonchev–Trinajstić information content (AvgIpc) is 3.06. The van der Waals surface area contributed by atoms with Crippen LogP contribution in [-0.4, -0.2) is 49.3 Å². The van der Waals surface area contributed by atoms with Gasteiger partial charge in [0.05, 0.1) is 6.67 Å². The Balaban J connectivity index is 1.28. The lowest BCUT2D eigenvalue weighted by Gasteiger charge is -2.43. The number of rotatable bonds is 3. The van der Waals surface area contributed by atoms with E-state index in [9.17, 15) is 4.79 Å². The van der Waals surface area contributed by atoms with Gasteiger partial charge in [0.2, 0.25) is 5.91 Å². The zero-order valence-electron chi connectivity index (χ0n) is 15.9. The van der Waals surface area contributed by atoms with Crippen LogP contribution in [0.3, 0.4) is 0 Å². The first-order valence-electron chi connectivity index (χ1n) is 9.96.